The van der Waals surface area contributed by atoms with Gasteiger partial charge in [-0.05, 0) is 35.9 Å². The van der Waals surface area contributed by atoms with Crippen molar-refractivity contribution in [2.24, 2.45) is 0 Å². The fraction of sp³-hybridized carbons (Fsp3) is 0.111. The molecule has 1 aliphatic rings. The first-order chi connectivity index (χ1) is 13.4. The molecule has 4 N–H and O–H groups in total. The Kier molecular flexibility index (Phi) is 6.17. The molecule has 146 valence electrons. The van der Waals surface area contributed by atoms with Gasteiger partial charge >= 0.3 is 0 Å². The van der Waals surface area contributed by atoms with Crippen molar-refractivity contribution < 1.29 is 25.1 Å². The summed E-state index contributed by atoms with van der Waals surface area (Å²) in [5, 5.41) is 31.5. The zero-order chi connectivity index (χ0) is 20.3. The van der Waals surface area contributed by atoms with Crippen LogP contribution in [0.1, 0.15) is 5.56 Å². The number of hydrogen-bond acceptors (Lipinski definition) is 8. The lowest BCUT2D eigenvalue weighted by Gasteiger charge is -2.17. The molecule has 1 unspecified atom stereocenters. The highest BCUT2D eigenvalue weighted by molar-refractivity contribution is 8.26. The first kappa shape index (κ1) is 20.1. The summed E-state index contributed by atoms with van der Waals surface area (Å²) < 4.78 is 5.49. The number of carbonyl (C=O) groups is 1. The van der Waals surface area contributed by atoms with Gasteiger partial charge in [0.05, 0.1) is 18.7 Å². The Morgan fingerprint density at radius 2 is 2.04 bits per heavy atom. The molecule has 0 aliphatic carbocycles. The fourth-order valence-corrected chi connectivity index (χ4v) is 3.73. The van der Waals surface area contributed by atoms with Crippen molar-refractivity contribution in [2.45, 2.75) is 0 Å². The molecule has 0 spiro atoms. The van der Waals surface area contributed by atoms with Crippen LogP contribution in [0.25, 0.3) is 6.08 Å². The Bertz CT molecular complexity index is 931. The molecule has 0 radical (unpaired) electrons. The normalized spacial score (nSPS) is 16.5. The van der Waals surface area contributed by atoms with Crippen LogP contribution >= 0.6 is 24.0 Å². The number of rotatable bonds is 6. The molecular formula is C18H17N3O5S2. The van der Waals surface area contributed by atoms with E-state index in [0.717, 1.165) is 0 Å². The predicted octanol–water partition coefficient (Wildman–Crippen LogP) is 2.07. The second-order valence-electron chi connectivity index (χ2n) is 5.76. The molecule has 1 saturated heterocycles. The summed E-state index contributed by atoms with van der Waals surface area (Å²) in [6.07, 6.45) is 1.68. The lowest BCUT2D eigenvalue weighted by atomic mass is 10.2. The SMILES string of the molecule is COc1cc(C=C2SC(=S)N(CNc3ccc([NH+]([O-])O)cc3)C2=O)ccc1O. The van der Waals surface area contributed by atoms with Crippen LogP contribution < -0.4 is 15.3 Å². The molecule has 1 atom stereocenters. The zero-order valence-electron chi connectivity index (χ0n) is 14.7. The third kappa shape index (κ3) is 4.43. The largest absolute Gasteiger partial charge is 0.595 e. The van der Waals surface area contributed by atoms with E-state index < -0.39 is 5.23 Å². The number of quaternary nitrogens is 1. The number of ether oxygens (including phenoxy) is 1. The minimum absolute atomic E-state index is 0.0188. The number of nitrogens with zero attached hydrogens (tertiary/aromatic N) is 1. The first-order valence-electron chi connectivity index (χ1n) is 8.08. The molecule has 0 saturated carbocycles. The van der Waals surface area contributed by atoms with Crippen LogP contribution in [0.2, 0.25) is 0 Å². The van der Waals surface area contributed by atoms with Crippen molar-refractivity contribution >= 4 is 51.7 Å². The van der Waals surface area contributed by atoms with Gasteiger partial charge in [0, 0.05) is 17.8 Å². The van der Waals surface area contributed by atoms with Gasteiger partial charge in [0.25, 0.3) is 5.91 Å². The highest BCUT2D eigenvalue weighted by atomic mass is 32.2. The molecule has 3 rings (SSSR count). The Morgan fingerprint density at radius 3 is 2.68 bits per heavy atom. The average Bonchev–Trinajstić information content (AvgIpc) is 2.94. The van der Waals surface area contributed by atoms with Crippen molar-refractivity contribution in [3.63, 3.8) is 0 Å². The van der Waals surface area contributed by atoms with Gasteiger partial charge in [-0.2, -0.15) is 5.23 Å². The van der Waals surface area contributed by atoms with Crippen molar-refractivity contribution in [2.75, 3.05) is 19.1 Å². The minimum atomic E-state index is -1.00. The zero-order valence-corrected chi connectivity index (χ0v) is 16.3. The predicted molar refractivity (Wildman–Crippen MR) is 110 cm³/mol. The molecule has 8 nitrogen and oxygen atoms in total. The Balaban J connectivity index is 1.69. The molecule has 28 heavy (non-hydrogen) atoms. The average molecular weight is 419 g/mol. The molecule has 0 bridgehead atoms. The first-order valence-corrected chi connectivity index (χ1v) is 9.31. The van der Waals surface area contributed by atoms with Crippen molar-refractivity contribution in [3.05, 3.63) is 58.1 Å². The van der Waals surface area contributed by atoms with Gasteiger partial charge in [-0.3, -0.25) is 9.69 Å². The second kappa shape index (κ2) is 8.59. The summed E-state index contributed by atoms with van der Waals surface area (Å²) in [7, 11) is 1.45. The molecule has 1 heterocycles. The van der Waals surface area contributed by atoms with E-state index in [9.17, 15) is 15.1 Å². The number of hydrogen-bond donors (Lipinski definition) is 4. The van der Waals surface area contributed by atoms with Crippen molar-refractivity contribution in [1.82, 2.24) is 4.90 Å². The number of methoxy groups -OCH3 is 1. The summed E-state index contributed by atoms with van der Waals surface area (Å²) in [5.41, 5.74) is 1.56. The van der Waals surface area contributed by atoms with E-state index in [1.807, 2.05) is 0 Å². The summed E-state index contributed by atoms with van der Waals surface area (Å²) in [5.74, 6) is 0.0951. The van der Waals surface area contributed by atoms with Gasteiger partial charge in [0.1, 0.15) is 4.32 Å². The van der Waals surface area contributed by atoms with E-state index >= 15 is 0 Å². The highest BCUT2D eigenvalue weighted by Crippen LogP contribution is 2.34. The summed E-state index contributed by atoms with van der Waals surface area (Å²) >= 11 is 6.48. The summed E-state index contributed by atoms with van der Waals surface area (Å²) in [4.78, 5) is 14.5. The minimum Gasteiger partial charge on any atom is -0.595 e. The number of nitrogens with one attached hydrogen (secondary N) is 2. The smallest absolute Gasteiger partial charge is 0.267 e. The Labute approximate surface area is 170 Å². The molecular weight excluding hydrogens is 402 g/mol. The Morgan fingerprint density at radius 1 is 1.32 bits per heavy atom. The summed E-state index contributed by atoms with van der Waals surface area (Å²) in [6, 6.07) is 11.0. The van der Waals surface area contributed by atoms with Gasteiger partial charge in [-0.15, -0.1) is 0 Å². The lowest BCUT2D eigenvalue weighted by molar-refractivity contribution is -0.991. The van der Waals surface area contributed by atoms with E-state index in [-0.39, 0.29) is 24.0 Å². The van der Waals surface area contributed by atoms with Gasteiger partial charge in [-0.25, -0.2) is 5.21 Å². The van der Waals surface area contributed by atoms with Crippen LogP contribution in [-0.4, -0.2) is 39.2 Å². The van der Waals surface area contributed by atoms with Crippen molar-refractivity contribution in [3.8, 4) is 11.5 Å². The molecule has 2 aromatic rings. The maximum absolute atomic E-state index is 12.7. The molecule has 0 aromatic heterocycles. The maximum atomic E-state index is 12.7. The summed E-state index contributed by atoms with van der Waals surface area (Å²) in [6.45, 7) is 0.160. The molecule has 1 fully saturated rings. The van der Waals surface area contributed by atoms with Crippen LogP contribution in [0.15, 0.2) is 47.4 Å². The van der Waals surface area contributed by atoms with Gasteiger partial charge in [-0.1, -0.05) is 30.0 Å². The second-order valence-corrected chi connectivity index (χ2v) is 7.43. The molecule has 2 aromatic carbocycles. The van der Waals surface area contributed by atoms with E-state index in [4.69, 9.17) is 22.2 Å². The highest BCUT2D eigenvalue weighted by Gasteiger charge is 2.31. The van der Waals surface area contributed by atoms with E-state index in [2.05, 4.69) is 5.32 Å². The molecule has 10 heteroatoms. The fourth-order valence-electron chi connectivity index (χ4n) is 2.47. The van der Waals surface area contributed by atoms with Gasteiger partial charge < -0.3 is 20.4 Å². The monoisotopic (exact) mass is 419 g/mol. The molecule has 1 aliphatic heterocycles. The van der Waals surface area contributed by atoms with E-state index in [1.54, 1.807) is 30.3 Å². The van der Waals surface area contributed by atoms with Crippen LogP contribution in [0.5, 0.6) is 11.5 Å². The maximum Gasteiger partial charge on any atom is 0.267 e. The van der Waals surface area contributed by atoms with Crippen LogP contribution in [-0.2, 0) is 4.79 Å². The number of amides is 1. The lowest BCUT2D eigenvalue weighted by Crippen LogP contribution is -2.99. The number of thioether (sulfide) groups is 1. The number of carbonyl (C=O) groups excluding carboxylic acids is 1. The van der Waals surface area contributed by atoms with Crippen LogP contribution in [0, 0.1) is 5.21 Å². The third-order valence-corrected chi connectivity index (χ3v) is 5.33. The van der Waals surface area contributed by atoms with Crippen molar-refractivity contribution in [1.29, 1.82) is 0 Å². The topological polar surface area (TPSA) is 110 Å². The standard InChI is InChI=1S/C18H17N3O5S2/c1-26-15-8-11(2-7-14(15)22)9-16-17(23)20(18(27)28-16)10-19-12-3-5-13(6-4-12)21(24)25/h2-9,19,21-22,24H,10H2,1H3. The van der Waals surface area contributed by atoms with Crippen LogP contribution in [0.3, 0.4) is 0 Å². The number of benzene rings is 2. The third-order valence-electron chi connectivity index (χ3n) is 3.95. The van der Waals surface area contributed by atoms with Crippen LogP contribution in [0.4, 0.5) is 11.4 Å². The number of thiocarbonyl (C=S) groups is 1. The van der Waals surface area contributed by atoms with Gasteiger partial charge in [0.15, 0.2) is 17.2 Å². The Hall–Kier alpha value is -2.63. The number of phenolic OH excluding ortho intramolecular Hbond substituents is 1. The quantitative estimate of drug-likeness (QED) is 0.320. The van der Waals surface area contributed by atoms with E-state index in [0.29, 0.717) is 26.2 Å². The molecule has 1 amide bonds. The number of phenols is 1. The van der Waals surface area contributed by atoms with E-state index in [1.165, 1.54) is 42.0 Å². The van der Waals surface area contributed by atoms with Gasteiger partial charge in [0.2, 0.25) is 0 Å². The number of aromatic hydroxyl groups is 1. The number of anilines is 1.